The van der Waals surface area contributed by atoms with Gasteiger partial charge < -0.3 is 20.1 Å². The van der Waals surface area contributed by atoms with Crippen LogP contribution in [0.2, 0.25) is 0 Å². The smallest absolute Gasteiger partial charge is 0.321 e. The van der Waals surface area contributed by atoms with Crippen molar-refractivity contribution in [2.45, 2.75) is 12.8 Å². The minimum Gasteiger partial charge on any atom is -0.497 e. The van der Waals surface area contributed by atoms with E-state index in [9.17, 15) is 4.79 Å². The Labute approximate surface area is 142 Å². The van der Waals surface area contributed by atoms with Gasteiger partial charge in [-0.2, -0.15) is 0 Å². The first kappa shape index (κ1) is 18.9. The van der Waals surface area contributed by atoms with Gasteiger partial charge in [-0.15, -0.1) is 12.4 Å². The predicted octanol–water partition coefficient (Wildman–Crippen LogP) is 2.23. The Balaban J connectivity index is 0.00000264. The molecule has 7 nitrogen and oxygen atoms in total. The lowest BCUT2D eigenvalue weighted by molar-refractivity contribution is 0.247. The molecule has 1 saturated carbocycles. The molecule has 0 aliphatic heterocycles. The van der Waals surface area contributed by atoms with E-state index in [0.29, 0.717) is 35.6 Å². The number of rotatable bonds is 5. The maximum absolute atomic E-state index is 11.5. The Bertz CT molecular complexity index is 562. The van der Waals surface area contributed by atoms with Gasteiger partial charge in [0.25, 0.3) is 0 Å². The summed E-state index contributed by atoms with van der Waals surface area (Å²) in [4.78, 5) is 16.0. The van der Waals surface area contributed by atoms with Gasteiger partial charge in [-0.1, -0.05) is 0 Å². The minimum absolute atomic E-state index is 0. The van der Waals surface area contributed by atoms with Crippen molar-refractivity contribution in [3.05, 3.63) is 18.2 Å². The Morgan fingerprint density at radius 3 is 2.61 bits per heavy atom. The van der Waals surface area contributed by atoms with E-state index < -0.39 is 0 Å². The highest BCUT2D eigenvalue weighted by atomic mass is 35.5. The van der Waals surface area contributed by atoms with Crippen molar-refractivity contribution >= 4 is 30.1 Å². The summed E-state index contributed by atoms with van der Waals surface area (Å²) >= 11 is 0. The highest BCUT2D eigenvalue weighted by Crippen LogP contribution is 2.30. The second kappa shape index (κ2) is 9.09. The quantitative estimate of drug-likeness (QED) is 0.566. The maximum Gasteiger partial charge on any atom is 0.321 e. The first-order valence-electron chi connectivity index (χ1n) is 7.18. The lowest BCUT2D eigenvalue weighted by Gasteiger charge is -2.15. The molecule has 0 aromatic heterocycles. The second-order valence-electron chi connectivity index (χ2n) is 5.03. The van der Waals surface area contributed by atoms with Crippen molar-refractivity contribution < 1.29 is 14.3 Å². The van der Waals surface area contributed by atoms with Gasteiger partial charge >= 0.3 is 6.03 Å². The lowest BCUT2D eigenvalue weighted by Crippen LogP contribution is -2.41. The van der Waals surface area contributed by atoms with Crippen LogP contribution in [0.5, 0.6) is 11.5 Å². The zero-order chi connectivity index (χ0) is 15.9. The van der Waals surface area contributed by atoms with Gasteiger partial charge in [0, 0.05) is 19.7 Å². The number of methoxy groups -OCH3 is 2. The number of nitrogens with zero attached hydrogens (tertiary/aromatic N) is 1. The average molecular weight is 343 g/mol. The van der Waals surface area contributed by atoms with Gasteiger partial charge in [0.2, 0.25) is 5.96 Å². The first-order valence-corrected chi connectivity index (χ1v) is 7.18. The van der Waals surface area contributed by atoms with E-state index in [0.717, 1.165) is 0 Å². The predicted molar refractivity (Wildman–Crippen MR) is 93.0 cm³/mol. The van der Waals surface area contributed by atoms with Crippen LogP contribution >= 0.6 is 12.4 Å². The Hall–Kier alpha value is -2.15. The van der Waals surface area contributed by atoms with Crippen LogP contribution in [0.4, 0.5) is 10.5 Å². The van der Waals surface area contributed by atoms with Crippen molar-refractivity contribution in [1.29, 1.82) is 0 Å². The molecule has 0 radical (unpaired) electrons. The summed E-state index contributed by atoms with van der Waals surface area (Å²) in [5.41, 5.74) is 0.703. The fourth-order valence-electron chi connectivity index (χ4n) is 1.83. The van der Waals surface area contributed by atoms with E-state index in [1.54, 1.807) is 27.3 Å². The van der Waals surface area contributed by atoms with E-state index in [1.807, 2.05) is 12.1 Å². The minimum atomic E-state index is -0.325. The van der Waals surface area contributed by atoms with Crippen LogP contribution in [0, 0.1) is 5.92 Å². The number of hydrogen-bond donors (Lipinski definition) is 3. The number of nitrogens with one attached hydrogen (secondary N) is 3. The molecule has 8 heteroatoms. The highest BCUT2D eigenvalue weighted by Gasteiger charge is 2.21. The van der Waals surface area contributed by atoms with Crippen LogP contribution < -0.4 is 25.4 Å². The number of guanidine groups is 1. The van der Waals surface area contributed by atoms with Gasteiger partial charge in [-0.05, 0) is 30.9 Å². The molecule has 0 bridgehead atoms. The zero-order valence-electron chi connectivity index (χ0n) is 13.5. The van der Waals surface area contributed by atoms with Crippen LogP contribution in [-0.4, -0.2) is 39.8 Å². The summed E-state index contributed by atoms with van der Waals surface area (Å²) in [6, 6.07) is 5.06. The number of anilines is 1. The number of ether oxygens (including phenoxy) is 2. The van der Waals surface area contributed by atoms with Crippen LogP contribution in [0.15, 0.2) is 23.2 Å². The average Bonchev–Trinajstić information content (AvgIpc) is 3.37. The summed E-state index contributed by atoms with van der Waals surface area (Å²) in [6.07, 6.45) is 2.39. The number of carbonyl (C=O) groups is 1. The fraction of sp³-hybridized carbons (Fsp3) is 0.467. The van der Waals surface area contributed by atoms with E-state index in [4.69, 9.17) is 9.47 Å². The topological polar surface area (TPSA) is 84.0 Å². The third-order valence-corrected chi connectivity index (χ3v) is 3.33. The number of hydrogen-bond acceptors (Lipinski definition) is 4. The molecule has 0 atom stereocenters. The standard InChI is InChI=1S/C15H22N4O3.ClH/c1-16-15(20)19-14(17-9-10-4-5-10)18-12-7-6-11(21-2)8-13(12)22-3;/h6-8,10H,4-5,9H2,1-3H3,(H3,16,17,18,19,20);1H. The lowest BCUT2D eigenvalue weighted by atomic mass is 10.2. The summed E-state index contributed by atoms with van der Waals surface area (Å²) in [5, 5.41) is 8.29. The molecule has 1 fully saturated rings. The molecular formula is C15H23ClN4O3. The summed E-state index contributed by atoms with van der Waals surface area (Å²) < 4.78 is 10.5. The van der Waals surface area contributed by atoms with Crippen LogP contribution in [0.1, 0.15) is 12.8 Å². The van der Waals surface area contributed by atoms with Gasteiger partial charge in [-0.3, -0.25) is 10.3 Å². The van der Waals surface area contributed by atoms with E-state index in [2.05, 4.69) is 20.9 Å². The molecule has 3 N–H and O–H groups in total. The number of halogens is 1. The Kier molecular flexibility index (Phi) is 7.47. The molecule has 0 heterocycles. The number of urea groups is 1. The third-order valence-electron chi connectivity index (χ3n) is 3.33. The van der Waals surface area contributed by atoms with E-state index in [1.165, 1.54) is 12.8 Å². The summed E-state index contributed by atoms with van der Waals surface area (Å²) in [6.45, 7) is 0.699. The molecule has 2 rings (SSSR count). The first-order chi connectivity index (χ1) is 10.7. The van der Waals surface area contributed by atoms with Crippen molar-refractivity contribution in [1.82, 2.24) is 10.6 Å². The number of carbonyl (C=O) groups excluding carboxylic acids is 1. The van der Waals surface area contributed by atoms with Gasteiger partial charge in [0.15, 0.2) is 0 Å². The number of amides is 2. The number of aliphatic imine (C=N–C) groups is 1. The van der Waals surface area contributed by atoms with Crippen LogP contribution in [-0.2, 0) is 0 Å². The molecule has 0 spiro atoms. The largest absolute Gasteiger partial charge is 0.497 e. The molecule has 23 heavy (non-hydrogen) atoms. The second-order valence-corrected chi connectivity index (χ2v) is 5.03. The molecule has 128 valence electrons. The Morgan fingerprint density at radius 2 is 2.04 bits per heavy atom. The third kappa shape index (κ3) is 5.86. The zero-order valence-corrected chi connectivity index (χ0v) is 14.3. The van der Waals surface area contributed by atoms with Crippen molar-refractivity contribution in [3.63, 3.8) is 0 Å². The van der Waals surface area contributed by atoms with Gasteiger partial charge in [-0.25, -0.2) is 4.79 Å². The van der Waals surface area contributed by atoms with Crippen molar-refractivity contribution in [2.24, 2.45) is 10.9 Å². The Morgan fingerprint density at radius 1 is 1.30 bits per heavy atom. The summed E-state index contributed by atoms with van der Waals surface area (Å²) in [7, 11) is 4.73. The summed E-state index contributed by atoms with van der Waals surface area (Å²) in [5.74, 6) is 2.33. The van der Waals surface area contributed by atoms with Crippen molar-refractivity contribution in [2.75, 3.05) is 33.1 Å². The molecular weight excluding hydrogens is 320 g/mol. The SMILES string of the molecule is CNC(=O)NC(=NCC1CC1)Nc1ccc(OC)cc1OC.Cl. The maximum atomic E-state index is 11.5. The van der Waals surface area contributed by atoms with Crippen LogP contribution in [0.25, 0.3) is 0 Å². The number of benzene rings is 1. The van der Waals surface area contributed by atoms with Crippen LogP contribution in [0.3, 0.4) is 0 Å². The van der Waals surface area contributed by atoms with Crippen molar-refractivity contribution in [3.8, 4) is 11.5 Å². The highest BCUT2D eigenvalue weighted by molar-refractivity contribution is 6.04. The van der Waals surface area contributed by atoms with E-state index in [-0.39, 0.29) is 18.4 Å². The molecule has 2 amide bonds. The molecule has 0 unspecified atom stereocenters. The molecule has 1 aliphatic carbocycles. The fourth-order valence-corrected chi connectivity index (χ4v) is 1.83. The normalized spacial score (nSPS) is 13.6. The molecule has 0 saturated heterocycles. The molecule has 1 aromatic carbocycles. The van der Waals surface area contributed by atoms with Gasteiger partial charge in [0.1, 0.15) is 11.5 Å². The molecule has 1 aromatic rings. The van der Waals surface area contributed by atoms with E-state index >= 15 is 0 Å². The monoisotopic (exact) mass is 342 g/mol. The van der Waals surface area contributed by atoms with Gasteiger partial charge in [0.05, 0.1) is 19.9 Å². The molecule has 1 aliphatic rings.